The lowest BCUT2D eigenvalue weighted by Crippen LogP contribution is -2.21. The van der Waals surface area contributed by atoms with Crippen molar-refractivity contribution in [2.75, 3.05) is 13.2 Å². The summed E-state index contributed by atoms with van der Waals surface area (Å²) in [5, 5.41) is 9.50. The maximum Gasteiger partial charge on any atom is 0.268 e. The van der Waals surface area contributed by atoms with Crippen LogP contribution in [0.2, 0.25) is 0 Å². The van der Waals surface area contributed by atoms with Gasteiger partial charge in [-0.1, -0.05) is 36.4 Å². The van der Waals surface area contributed by atoms with Gasteiger partial charge in [0.25, 0.3) is 5.56 Å². The number of nitrogens with zero attached hydrogens (tertiary/aromatic N) is 1. The molecular weight excluding hydrogens is 413 g/mol. The third-order valence-corrected chi connectivity index (χ3v) is 4.98. The van der Waals surface area contributed by atoms with Gasteiger partial charge in [0.05, 0.1) is 13.2 Å². The molecule has 0 spiro atoms. The van der Waals surface area contributed by atoms with E-state index in [0.717, 1.165) is 11.1 Å². The van der Waals surface area contributed by atoms with Crippen LogP contribution in [0, 0.1) is 5.82 Å². The van der Waals surface area contributed by atoms with E-state index in [2.05, 4.69) is 15.9 Å². The molecule has 0 atom stereocenters. The van der Waals surface area contributed by atoms with Crippen LogP contribution in [0.25, 0.3) is 0 Å². The summed E-state index contributed by atoms with van der Waals surface area (Å²) < 4.78 is 20.9. The van der Waals surface area contributed by atoms with Crippen LogP contribution in [-0.4, -0.2) is 22.9 Å². The number of allylic oxidation sites excluding steroid dienone is 3. The van der Waals surface area contributed by atoms with Crippen molar-refractivity contribution in [1.82, 2.24) is 4.57 Å². The zero-order valence-corrected chi connectivity index (χ0v) is 16.2. The van der Waals surface area contributed by atoms with Crippen molar-refractivity contribution in [2.45, 2.75) is 13.0 Å². The molecule has 1 aromatic carbocycles. The average Bonchev–Trinajstić information content (AvgIpc) is 2.90. The fourth-order valence-corrected chi connectivity index (χ4v) is 3.26. The Kier molecular flexibility index (Phi) is 6.42. The number of hydrogen-bond donors (Lipinski definition) is 1. The van der Waals surface area contributed by atoms with Gasteiger partial charge in [0, 0.05) is 6.20 Å². The molecule has 27 heavy (non-hydrogen) atoms. The molecule has 3 rings (SSSR count). The molecule has 1 N–H and O–H groups in total. The van der Waals surface area contributed by atoms with Crippen molar-refractivity contribution < 1.29 is 14.2 Å². The van der Waals surface area contributed by atoms with Crippen molar-refractivity contribution in [3.8, 4) is 5.75 Å². The molecule has 0 fully saturated rings. The molecule has 1 heterocycles. The smallest absolute Gasteiger partial charge is 0.268 e. The van der Waals surface area contributed by atoms with Gasteiger partial charge in [0.15, 0.2) is 0 Å². The van der Waals surface area contributed by atoms with Gasteiger partial charge in [-0.05, 0) is 57.3 Å². The molecule has 2 aromatic rings. The summed E-state index contributed by atoms with van der Waals surface area (Å²) in [6, 6.07) is 7.85. The number of aliphatic hydroxyl groups is 1. The lowest BCUT2D eigenvalue weighted by molar-refractivity contribution is 0.321. The summed E-state index contributed by atoms with van der Waals surface area (Å²) in [5.41, 5.74) is 2.22. The van der Waals surface area contributed by atoms with Gasteiger partial charge in [-0.2, -0.15) is 0 Å². The molecule has 0 bridgehead atoms. The van der Waals surface area contributed by atoms with Crippen molar-refractivity contribution >= 4 is 15.9 Å². The molecule has 0 amide bonds. The fraction of sp³-hybridized carbons (Fsp3) is 0.190. The highest BCUT2D eigenvalue weighted by Crippen LogP contribution is 2.23. The second-order valence-corrected chi connectivity index (χ2v) is 6.92. The first-order valence-electron chi connectivity index (χ1n) is 8.49. The average molecular weight is 432 g/mol. The van der Waals surface area contributed by atoms with Gasteiger partial charge in [-0.15, -0.1) is 0 Å². The van der Waals surface area contributed by atoms with Gasteiger partial charge < -0.3 is 14.4 Å². The van der Waals surface area contributed by atoms with Crippen molar-refractivity contribution in [1.29, 1.82) is 0 Å². The van der Waals surface area contributed by atoms with Crippen LogP contribution in [0.3, 0.4) is 0 Å². The Morgan fingerprint density at radius 1 is 1.26 bits per heavy atom. The van der Waals surface area contributed by atoms with Crippen LogP contribution in [-0.2, 0) is 6.54 Å². The van der Waals surface area contributed by atoms with Crippen molar-refractivity contribution in [3.63, 3.8) is 0 Å². The van der Waals surface area contributed by atoms with Gasteiger partial charge in [-0.25, -0.2) is 4.39 Å². The highest BCUT2D eigenvalue weighted by Gasteiger charge is 2.12. The van der Waals surface area contributed by atoms with Crippen LogP contribution in [0.4, 0.5) is 4.39 Å². The SMILES string of the molecule is O=c1c(Br)c(OCC2=C(CO)C=CC=CC2)ccn1Cc1cccc(F)c1. The minimum Gasteiger partial charge on any atom is -0.488 e. The van der Waals surface area contributed by atoms with E-state index in [4.69, 9.17) is 4.74 Å². The number of halogens is 2. The number of aliphatic hydroxyl groups excluding tert-OH is 1. The third-order valence-electron chi connectivity index (χ3n) is 4.25. The molecule has 1 aliphatic carbocycles. The molecule has 0 saturated heterocycles. The Bertz CT molecular complexity index is 976. The Morgan fingerprint density at radius 2 is 2.11 bits per heavy atom. The quantitative estimate of drug-likeness (QED) is 0.752. The number of benzene rings is 1. The minimum atomic E-state index is -0.334. The highest BCUT2D eigenvalue weighted by molar-refractivity contribution is 9.10. The normalized spacial score (nSPS) is 13.7. The van der Waals surface area contributed by atoms with E-state index in [-0.39, 0.29) is 31.1 Å². The van der Waals surface area contributed by atoms with E-state index < -0.39 is 0 Å². The van der Waals surface area contributed by atoms with Crippen molar-refractivity contribution in [2.24, 2.45) is 0 Å². The molecule has 6 heteroatoms. The standard InChI is InChI=1S/C21H19BrFNO3/c22-20-19(27-14-17-7-3-1-2-6-16(17)13-25)9-10-24(21(20)26)12-15-5-4-8-18(23)11-15/h1-6,8-11,25H,7,12-14H2. The van der Waals surface area contributed by atoms with Gasteiger partial charge in [-0.3, -0.25) is 4.79 Å². The minimum absolute atomic E-state index is 0.0622. The van der Waals surface area contributed by atoms with E-state index in [0.29, 0.717) is 22.2 Å². The summed E-state index contributed by atoms with van der Waals surface area (Å²) in [4.78, 5) is 12.6. The van der Waals surface area contributed by atoms with Crippen LogP contribution in [0.15, 0.2) is 81.2 Å². The second-order valence-electron chi connectivity index (χ2n) is 6.12. The Morgan fingerprint density at radius 3 is 2.89 bits per heavy atom. The van der Waals surface area contributed by atoms with Crippen LogP contribution in [0.1, 0.15) is 12.0 Å². The molecule has 4 nitrogen and oxygen atoms in total. The van der Waals surface area contributed by atoms with Gasteiger partial charge in [0.2, 0.25) is 0 Å². The molecule has 140 valence electrons. The van der Waals surface area contributed by atoms with Crippen molar-refractivity contribution in [3.05, 3.63) is 98.2 Å². The number of hydrogen-bond acceptors (Lipinski definition) is 3. The summed E-state index contributed by atoms with van der Waals surface area (Å²) >= 11 is 3.31. The lowest BCUT2D eigenvalue weighted by atomic mass is 10.1. The highest BCUT2D eigenvalue weighted by atomic mass is 79.9. The van der Waals surface area contributed by atoms with Crippen LogP contribution >= 0.6 is 15.9 Å². The number of rotatable bonds is 6. The zero-order valence-electron chi connectivity index (χ0n) is 14.6. The van der Waals surface area contributed by atoms with Crippen LogP contribution in [0.5, 0.6) is 5.75 Å². The third kappa shape index (κ3) is 4.84. The van der Waals surface area contributed by atoms with E-state index in [1.165, 1.54) is 16.7 Å². The second kappa shape index (κ2) is 8.97. The van der Waals surface area contributed by atoms with Gasteiger partial charge >= 0.3 is 0 Å². The Balaban J connectivity index is 1.77. The molecule has 0 saturated carbocycles. The molecular formula is C21H19BrFNO3. The number of pyridine rings is 1. The van der Waals surface area contributed by atoms with E-state index >= 15 is 0 Å². The van der Waals surface area contributed by atoms with Gasteiger partial charge in [0.1, 0.15) is 22.6 Å². The predicted octanol–water partition coefficient (Wildman–Crippen LogP) is 3.98. The molecule has 0 radical (unpaired) electrons. The Labute approximate surface area is 165 Å². The molecule has 0 unspecified atom stereocenters. The molecule has 1 aliphatic rings. The Hall–Kier alpha value is -2.44. The monoisotopic (exact) mass is 431 g/mol. The topological polar surface area (TPSA) is 51.5 Å². The van der Waals surface area contributed by atoms with E-state index in [9.17, 15) is 14.3 Å². The molecule has 1 aromatic heterocycles. The first-order valence-corrected chi connectivity index (χ1v) is 9.29. The van der Waals surface area contributed by atoms with Crippen LogP contribution < -0.4 is 10.3 Å². The number of ether oxygens (including phenoxy) is 1. The first kappa shape index (κ1) is 19.3. The summed E-state index contributed by atoms with van der Waals surface area (Å²) in [7, 11) is 0. The summed E-state index contributed by atoms with van der Waals surface area (Å²) in [5.74, 6) is 0.0940. The largest absolute Gasteiger partial charge is 0.488 e. The summed E-state index contributed by atoms with van der Waals surface area (Å²) in [6.07, 6.45) is 9.95. The zero-order chi connectivity index (χ0) is 19.2. The maximum atomic E-state index is 13.3. The predicted molar refractivity (Wildman–Crippen MR) is 106 cm³/mol. The van der Waals surface area contributed by atoms with E-state index in [1.54, 1.807) is 24.4 Å². The van der Waals surface area contributed by atoms with E-state index in [1.807, 2.05) is 24.3 Å². The first-order chi connectivity index (χ1) is 13.1. The maximum absolute atomic E-state index is 13.3. The lowest BCUT2D eigenvalue weighted by Gasteiger charge is -2.14. The molecule has 0 aliphatic heterocycles. The fourth-order valence-electron chi connectivity index (χ4n) is 2.79. The number of aromatic nitrogens is 1. The summed E-state index contributed by atoms with van der Waals surface area (Å²) in [6.45, 7) is 0.481.